The smallest absolute Gasteiger partial charge is 0.335 e. The zero-order valence-electron chi connectivity index (χ0n) is 20.5. The molecule has 192 valence electrons. The molecule has 2 saturated carbocycles. The van der Waals surface area contributed by atoms with Gasteiger partial charge in [-0.3, -0.25) is 0 Å². The van der Waals surface area contributed by atoms with E-state index in [0.717, 1.165) is 52.6 Å². The predicted molar refractivity (Wildman–Crippen MR) is 141 cm³/mol. The first kappa shape index (κ1) is 24.6. The maximum Gasteiger partial charge on any atom is 0.335 e. The Bertz CT molecular complexity index is 1480. The van der Waals surface area contributed by atoms with Crippen molar-refractivity contribution in [2.75, 3.05) is 0 Å². The van der Waals surface area contributed by atoms with Crippen LogP contribution >= 0.6 is 22.9 Å². The topological polar surface area (TPSA) is 106 Å². The van der Waals surface area contributed by atoms with Gasteiger partial charge < -0.3 is 19.5 Å². The van der Waals surface area contributed by atoms with E-state index in [1.165, 1.54) is 11.3 Å². The quantitative estimate of drug-likeness (QED) is 0.288. The Morgan fingerprint density at radius 1 is 1.22 bits per heavy atom. The molecule has 2 aliphatic carbocycles. The molecule has 6 rings (SSSR count). The van der Waals surface area contributed by atoms with Crippen molar-refractivity contribution in [3.05, 3.63) is 68.9 Å². The Kier molecular flexibility index (Phi) is 6.11. The van der Waals surface area contributed by atoms with Gasteiger partial charge in [-0.1, -0.05) is 28.9 Å². The average molecular weight is 539 g/mol. The predicted octanol–water partition coefficient (Wildman–Crippen LogP) is 6.51. The number of hydrogen-bond donors (Lipinski definition) is 2. The number of aryl methyl sites for hydroxylation is 2. The lowest BCUT2D eigenvalue weighted by Crippen LogP contribution is -2.44. The average Bonchev–Trinajstić information content (AvgIpc) is 3.49. The Labute approximate surface area is 223 Å². The number of aromatic carboxylic acids is 1. The summed E-state index contributed by atoms with van der Waals surface area (Å²) in [5.41, 5.74) is 3.43. The van der Waals surface area contributed by atoms with Gasteiger partial charge in [0, 0.05) is 11.1 Å². The van der Waals surface area contributed by atoms with Crippen molar-refractivity contribution in [3.63, 3.8) is 0 Å². The number of fused-ring (bicyclic) bond motifs is 3. The van der Waals surface area contributed by atoms with Crippen molar-refractivity contribution in [1.82, 2.24) is 10.1 Å². The van der Waals surface area contributed by atoms with E-state index in [1.54, 1.807) is 18.2 Å². The fraction of sp³-hybridized carbons (Fsp3) is 0.393. The van der Waals surface area contributed by atoms with Crippen molar-refractivity contribution in [2.24, 2.45) is 11.8 Å². The van der Waals surface area contributed by atoms with Gasteiger partial charge in [-0.15, -0.1) is 11.3 Å². The summed E-state index contributed by atoms with van der Waals surface area (Å²) < 4.78 is 12.7. The fourth-order valence-electron chi connectivity index (χ4n) is 6.11. The number of nitrogens with zero attached hydrogens (tertiary/aromatic N) is 2. The third-order valence-electron chi connectivity index (χ3n) is 8.09. The molecule has 0 amide bonds. The number of carboxylic acids is 1. The Morgan fingerprint density at radius 2 is 1.97 bits per heavy atom. The Morgan fingerprint density at radius 3 is 2.68 bits per heavy atom. The molecule has 2 fully saturated rings. The van der Waals surface area contributed by atoms with Gasteiger partial charge >= 0.3 is 5.97 Å². The minimum atomic E-state index is -1.01. The molecule has 2 unspecified atom stereocenters. The fourth-order valence-corrected chi connectivity index (χ4v) is 7.67. The SMILES string of the molecule is Cc1cccc(Cl)c1-c1noc(C)c1COC1C[C@H]2CC[C@@H](C1)C2(O)c1nc2ccc(C(=O)O)cc2s1. The zero-order chi connectivity index (χ0) is 25.9. The molecule has 2 aliphatic rings. The molecular weight excluding hydrogens is 512 g/mol. The van der Waals surface area contributed by atoms with Crippen molar-refractivity contribution in [1.29, 1.82) is 0 Å². The van der Waals surface area contributed by atoms with Gasteiger partial charge in [-0.2, -0.15) is 0 Å². The highest BCUT2D eigenvalue weighted by molar-refractivity contribution is 7.18. The van der Waals surface area contributed by atoms with Crippen LogP contribution in [0.15, 0.2) is 40.9 Å². The molecule has 7 nitrogen and oxygen atoms in total. The molecule has 0 spiro atoms. The highest BCUT2D eigenvalue weighted by Crippen LogP contribution is 2.56. The number of benzene rings is 2. The number of thiazole rings is 1. The Hall–Kier alpha value is -2.78. The minimum absolute atomic E-state index is 0.000239. The molecule has 2 bridgehead atoms. The molecular formula is C28H27ClN2O5S. The maximum atomic E-state index is 11.9. The zero-order valence-corrected chi connectivity index (χ0v) is 22.1. The molecule has 4 aromatic rings. The summed E-state index contributed by atoms with van der Waals surface area (Å²) in [6, 6.07) is 10.7. The number of ether oxygens (including phenoxy) is 1. The second-order valence-corrected chi connectivity index (χ2v) is 11.6. The maximum absolute atomic E-state index is 11.9. The van der Waals surface area contributed by atoms with Crippen LogP contribution in [0.5, 0.6) is 0 Å². The third-order valence-corrected chi connectivity index (χ3v) is 9.56. The summed E-state index contributed by atoms with van der Waals surface area (Å²) >= 11 is 7.90. The number of aliphatic hydroxyl groups is 1. The number of carboxylic acid groups (broad SMARTS) is 1. The van der Waals surface area contributed by atoms with Crippen LogP contribution in [0.1, 0.15) is 57.9 Å². The summed E-state index contributed by atoms with van der Waals surface area (Å²) in [7, 11) is 0. The van der Waals surface area contributed by atoms with E-state index in [4.69, 9.17) is 25.8 Å². The Balaban J connectivity index is 1.21. The van der Waals surface area contributed by atoms with Crippen molar-refractivity contribution >= 4 is 39.1 Å². The van der Waals surface area contributed by atoms with Crippen LogP contribution in [0.25, 0.3) is 21.5 Å². The van der Waals surface area contributed by atoms with Gasteiger partial charge in [0.15, 0.2) is 0 Å². The number of rotatable bonds is 6. The second kappa shape index (κ2) is 9.20. The van der Waals surface area contributed by atoms with E-state index in [9.17, 15) is 15.0 Å². The van der Waals surface area contributed by atoms with Crippen molar-refractivity contribution < 1.29 is 24.3 Å². The normalized spacial score (nSPS) is 25.1. The largest absolute Gasteiger partial charge is 0.478 e. The first-order valence-corrected chi connectivity index (χ1v) is 13.6. The molecule has 4 atom stereocenters. The van der Waals surface area contributed by atoms with Gasteiger partial charge in [0.2, 0.25) is 0 Å². The van der Waals surface area contributed by atoms with Gasteiger partial charge in [0.25, 0.3) is 0 Å². The highest BCUT2D eigenvalue weighted by atomic mass is 35.5. The molecule has 37 heavy (non-hydrogen) atoms. The van der Waals surface area contributed by atoms with E-state index in [-0.39, 0.29) is 23.5 Å². The monoisotopic (exact) mass is 538 g/mol. The van der Waals surface area contributed by atoms with Crippen LogP contribution in [0.4, 0.5) is 0 Å². The van der Waals surface area contributed by atoms with E-state index in [1.807, 2.05) is 32.0 Å². The summed E-state index contributed by atoms with van der Waals surface area (Å²) in [6.07, 6.45) is 3.28. The number of carbonyl (C=O) groups is 1. The van der Waals surface area contributed by atoms with Crippen LogP contribution in [0, 0.1) is 25.7 Å². The standard InChI is InChI=1S/C28H27ClN2O5S/c1-14-4-3-5-21(29)24(14)25-20(15(2)36-31-25)13-35-19-11-17-7-8-18(12-19)28(17,34)27-30-22-9-6-16(26(32)33)10-23(22)37-27/h3-6,9-10,17-19,34H,7-8,11-13H2,1-2H3,(H,32,33)/t17-,18+,19?,28?. The summed E-state index contributed by atoms with van der Waals surface area (Å²) in [5, 5.41) is 26.8. The summed E-state index contributed by atoms with van der Waals surface area (Å²) in [5.74, 6) is -0.196. The van der Waals surface area contributed by atoms with Gasteiger partial charge in [0.1, 0.15) is 22.1 Å². The van der Waals surface area contributed by atoms with E-state index < -0.39 is 11.6 Å². The van der Waals surface area contributed by atoms with Crippen molar-refractivity contribution in [3.8, 4) is 11.3 Å². The molecule has 0 radical (unpaired) electrons. The lowest BCUT2D eigenvalue weighted by Gasteiger charge is -2.41. The lowest BCUT2D eigenvalue weighted by atomic mass is 9.73. The van der Waals surface area contributed by atoms with Crippen LogP contribution in [0.2, 0.25) is 5.02 Å². The number of aromatic nitrogens is 2. The first-order valence-electron chi connectivity index (χ1n) is 12.4. The van der Waals surface area contributed by atoms with Crippen LogP contribution < -0.4 is 0 Å². The molecule has 0 saturated heterocycles. The van der Waals surface area contributed by atoms with Crippen molar-refractivity contribution in [2.45, 2.75) is 57.8 Å². The molecule has 9 heteroatoms. The highest BCUT2D eigenvalue weighted by Gasteiger charge is 2.56. The molecule has 2 aromatic carbocycles. The molecule has 2 N–H and O–H groups in total. The van der Waals surface area contributed by atoms with E-state index in [2.05, 4.69) is 5.16 Å². The minimum Gasteiger partial charge on any atom is -0.478 e. The third kappa shape index (κ3) is 4.07. The molecule has 2 aromatic heterocycles. The van der Waals surface area contributed by atoms with E-state index in [0.29, 0.717) is 28.1 Å². The van der Waals surface area contributed by atoms with Gasteiger partial charge in [-0.25, -0.2) is 9.78 Å². The summed E-state index contributed by atoms with van der Waals surface area (Å²) in [4.78, 5) is 16.1. The number of hydrogen-bond acceptors (Lipinski definition) is 7. The van der Waals surface area contributed by atoms with Crippen LogP contribution in [-0.4, -0.2) is 32.4 Å². The van der Waals surface area contributed by atoms with E-state index >= 15 is 0 Å². The van der Waals surface area contributed by atoms with Gasteiger partial charge in [0.05, 0.1) is 33.5 Å². The molecule has 2 heterocycles. The summed E-state index contributed by atoms with van der Waals surface area (Å²) in [6.45, 7) is 4.24. The van der Waals surface area contributed by atoms with Gasteiger partial charge in [-0.05, 0) is 81.2 Å². The number of halogens is 1. The first-order chi connectivity index (χ1) is 17.8. The van der Waals surface area contributed by atoms with Crippen LogP contribution in [0.3, 0.4) is 0 Å². The second-order valence-electron chi connectivity index (χ2n) is 10.2. The lowest BCUT2D eigenvalue weighted by molar-refractivity contribution is -0.116. The molecule has 0 aliphatic heterocycles. The van der Waals surface area contributed by atoms with Crippen LogP contribution in [-0.2, 0) is 16.9 Å².